The number of halogens is 3. The number of carbonyl (C=O) groups excluding carboxylic acids is 1. The van der Waals surface area contributed by atoms with Gasteiger partial charge in [0.2, 0.25) is 11.7 Å². The standard InChI is InChI=1S/C24H26F3N3O3/c1-15(16-11-12-20(21(13-16)32-2)33-17-7-3-4-8-17)28-22(31)14-30-19-10-6-5-9-18(19)29-23(30)24(25,26)27/h5-6,9-13,15,17H,3-4,7-8,14H2,1-2H3,(H,28,31). The monoisotopic (exact) mass is 461 g/mol. The van der Waals surface area contributed by atoms with Gasteiger partial charge in [0.25, 0.3) is 0 Å². The lowest BCUT2D eigenvalue weighted by molar-refractivity contribution is -0.147. The van der Waals surface area contributed by atoms with Crippen LogP contribution in [0.15, 0.2) is 42.5 Å². The molecule has 1 unspecified atom stereocenters. The highest BCUT2D eigenvalue weighted by Crippen LogP contribution is 2.34. The van der Waals surface area contributed by atoms with Crippen molar-refractivity contribution in [1.29, 1.82) is 0 Å². The maximum atomic E-state index is 13.5. The summed E-state index contributed by atoms with van der Waals surface area (Å²) in [5.74, 6) is -0.449. The number of aromatic nitrogens is 2. The molecule has 1 amide bonds. The van der Waals surface area contributed by atoms with Gasteiger partial charge in [-0.1, -0.05) is 18.2 Å². The number of imidazole rings is 1. The number of fused-ring (bicyclic) bond motifs is 1. The molecule has 1 fully saturated rings. The van der Waals surface area contributed by atoms with Crippen molar-refractivity contribution in [1.82, 2.24) is 14.9 Å². The lowest BCUT2D eigenvalue weighted by Gasteiger charge is -2.19. The van der Waals surface area contributed by atoms with Gasteiger partial charge >= 0.3 is 6.18 Å². The van der Waals surface area contributed by atoms with Gasteiger partial charge in [-0.3, -0.25) is 4.79 Å². The van der Waals surface area contributed by atoms with Crippen LogP contribution < -0.4 is 14.8 Å². The SMILES string of the molecule is COc1cc(C(C)NC(=O)Cn2c(C(F)(F)F)nc3ccccc32)ccc1OC1CCCC1. The summed E-state index contributed by atoms with van der Waals surface area (Å²) in [5, 5.41) is 2.77. The first-order valence-electron chi connectivity index (χ1n) is 10.9. The Morgan fingerprint density at radius 3 is 2.61 bits per heavy atom. The van der Waals surface area contributed by atoms with Gasteiger partial charge in [0.1, 0.15) is 6.54 Å². The molecule has 1 aliphatic carbocycles. The molecule has 0 spiro atoms. The number of carbonyl (C=O) groups is 1. The smallest absolute Gasteiger partial charge is 0.449 e. The minimum atomic E-state index is -4.67. The quantitative estimate of drug-likeness (QED) is 0.521. The number of ether oxygens (including phenoxy) is 2. The number of benzene rings is 2. The Hall–Kier alpha value is -3.23. The summed E-state index contributed by atoms with van der Waals surface area (Å²) in [6.45, 7) is 1.26. The van der Waals surface area contributed by atoms with Crippen LogP contribution in [0.1, 0.15) is 50.0 Å². The molecule has 1 heterocycles. The van der Waals surface area contributed by atoms with E-state index in [0.29, 0.717) is 11.5 Å². The normalized spacial score (nSPS) is 15.5. The van der Waals surface area contributed by atoms with E-state index in [9.17, 15) is 18.0 Å². The number of amides is 1. The van der Waals surface area contributed by atoms with E-state index in [-0.39, 0.29) is 17.1 Å². The van der Waals surface area contributed by atoms with Crippen molar-refractivity contribution in [2.24, 2.45) is 0 Å². The van der Waals surface area contributed by atoms with Gasteiger partial charge in [-0.15, -0.1) is 0 Å². The molecule has 9 heteroatoms. The fourth-order valence-corrected chi connectivity index (χ4v) is 4.20. The first-order chi connectivity index (χ1) is 15.8. The maximum Gasteiger partial charge on any atom is 0.449 e. The molecular formula is C24H26F3N3O3. The highest BCUT2D eigenvalue weighted by molar-refractivity contribution is 5.81. The molecule has 0 saturated heterocycles. The Balaban J connectivity index is 1.49. The predicted octanol–water partition coefficient (Wildman–Crippen LogP) is 5.26. The minimum absolute atomic E-state index is 0.176. The summed E-state index contributed by atoms with van der Waals surface area (Å²) in [5.41, 5.74) is 1.20. The number of para-hydroxylation sites is 2. The van der Waals surface area contributed by atoms with Gasteiger partial charge in [-0.05, 0) is 62.4 Å². The first-order valence-corrected chi connectivity index (χ1v) is 10.9. The summed E-state index contributed by atoms with van der Waals surface area (Å²) in [4.78, 5) is 16.4. The van der Waals surface area contributed by atoms with Gasteiger partial charge in [-0.25, -0.2) is 4.98 Å². The van der Waals surface area contributed by atoms with Crippen LogP contribution in [0.25, 0.3) is 11.0 Å². The molecule has 4 rings (SSSR count). The first kappa shape index (κ1) is 22.9. The molecule has 33 heavy (non-hydrogen) atoms. The van der Waals surface area contributed by atoms with E-state index in [0.717, 1.165) is 35.8 Å². The second-order valence-electron chi connectivity index (χ2n) is 8.23. The summed E-state index contributed by atoms with van der Waals surface area (Å²) in [6.07, 6.45) is -0.171. The third-order valence-corrected chi connectivity index (χ3v) is 5.87. The number of nitrogens with zero attached hydrogens (tertiary/aromatic N) is 2. The summed E-state index contributed by atoms with van der Waals surface area (Å²) in [6, 6.07) is 11.2. The molecule has 1 aliphatic rings. The highest BCUT2D eigenvalue weighted by atomic mass is 19.4. The van der Waals surface area contributed by atoms with E-state index >= 15 is 0 Å². The molecule has 176 valence electrons. The van der Waals surface area contributed by atoms with Crippen molar-refractivity contribution >= 4 is 16.9 Å². The third-order valence-electron chi connectivity index (χ3n) is 5.87. The van der Waals surface area contributed by atoms with Crippen molar-refractivity contribution in [2.75, 3.05) is 7.11 Å². The number of nitrogens with one attached hydrogen (secondary N) is 1. The van der Waals surface area contributed by atoms with E-state index in [1.807, 2.05) is 6.07 Å². The van der Waals surface area contributed by atoms with Crippen LogP contribution in [0.4, 0.5) is 13.2 Å². The van der Waals surface area contributed by atoms with Crippen LogP contribution in [0.2, 0.25) is 0 Å². The van der Waals surface area contributed by atoms with E-state index in [2.05, 4.69) is 10.3 Å². The van der Waals surface area contributed by atoms with Crippen LogP contribution in [-0.4, -0.2) is 28.7 Å². The Kier molecular flexibility index (Phi) is 6.49. The van der Waals surface area contributed by atoms with Crippen molar-refractivity contribution in [3.63, 3.8) is 0 Å². The van der Waals surface area contributed by atoms with Crippen LogP contribution in [-0.2, 0) is 17.5 Å². The Labute approximate surface area is 189 Å². The summed E-state index contributed by atoms with van der Waals surface area (Å²) < 4.78 is 52.9. The summed E-state index contributed by atoms with van der Waals surface area (Å²) in [7, 11) is 1.55. The van der Waals surface area contributed by atoms with Gasteiger partial charge in [0, 0.05) is 0 Å². The molecule has 3 aromatic rings. The molecule has 0 radical (unpaired) electrons. The largest absolute Gasteiger partial charge is 0.493 e. The Morgan fingerprint density at radius 2 is 1.91 bits per heavy atom. The van der Waals surface area contributed by atoms with Crippen molar-refractivity contribution in [2.45, 2.75) is 57.5 Å². The average molecular weight is 461 g/mol. The van der Waals surface area contributed by atoms with Crippen LogP contribution in [0.3, 0.4) is 0 Å². The maximum absolute atomic E-state index is 13.5. The Bertz CT molecular complexity index is 1140. The Morgan fingerprint density at radius 1 is 1.18 bits per heavy atom. The summed E-state index contributed by atoms with van der Waals surface area (Å²) >= 11 is 0. The number of hydrogen-bond acceptors (Lipinski definition) is 4. The molecule has 1 atom stereocenters. The average Bonchev–Trinajstić information content (AvgIpc) is 3.42. The number of methoxy groups -OCH3 is 1. The second kappa shape index (κ2) is 9.33. The zero-order valence-corrected chi connectivity index (χ0v) is 18.5. The molecule has 0 aliphatic heterocycles. The zero-order chi connectivity index (χ0) is 23.6. The highest BCUT2D eigenvalue weighted by Gasteiger charge is 2.38. The van der Waals surface area contributed by atoms with Crippen LogP contribution in [0, 0.1) is 0 Å². The van der Waals surface area contributed by atoms with Crippen molar-refractivity contribution < 1.29 is 27.4 Å². The van der Waals surface area contributed by atoms with E-state index < -0.39 is 30.5 Å². The second-order valence-corrected chi connectivity index (χ2v) is 8.23. The minimum Gasteiger partial charge on any atom is -0.493 e. The van der Waals surface area contributed by atoms with E-state index in [1.54, 1.807) is 38.3 Å². The fraction of sp³-hybridized carbons (Fsp3) is 0.417. The lowest BCUT2D eigenvalue weighted by Crippen LogP contribution is -2.31. The molecule has 0 bridgehead atoms. The van der Waals surface area contributed by atoms with Crippen LogP contribution in [0.5, 0.6) is 11.5 Å². The topological polar surface area (TPSA) is 65.4 Å². The van der Waals surface area contributed by atoms with Gasteiger partial charge in [-0.2, -0.15) is 13.2 Å². The van der Waals surface area contributed by atoms with Crippen molar-refractivity contribution in [3.05, 3.63) is 53.9 Å². The molecule has 1 aromatic heterocycles. The molecular weight excluding hydrogens is 435 g/mol. The number of alkyl halides is 3. The van der Waals surface area contributed by atoms with E-state index in [4.69, 9.17) is 9.47 Å². The van der Waals surface area contributed by atoms with Crippen LogP contribution >= 0.6 is 0 Å². The molecule has 2 aromatic carbocycles. The third kappa shape index (κ3) is 5.07. The van der Waals surface area contributed by atoms with Gasteiger partial charge in [0.15, 0.2) is 11.5 Å². The fourth-order valence-electron chi connectivity index (χ4n) is 4.20. The van der Waals surface area contributed by atoms with Gasteiger partial charge < -0.3 is 19.4 Å². The number of hydrogen-bond donors (Lipinski definition) is 1. The predicted molar refractivity (Wildman–Crippen MR) is 117 cm³/mol. The zero-order valence-electron chi connectivity index (χ0n) is 18.5. The van der Waals surface area contributed by atoms with Gasteiger partial charge in [0.05, 0.1) is 30.3 Å². The lowest BCUT2D eigenvalue weighted by atomic mass is 10.1. The molecule has 1 N–H and O–H groups in total. The molecule has 6 nitrogen and oxygen atoms in total. The number of rotatable bonds is 7. The van der Waals surface area contributed by atoms with Crippen molar-refractivity contribution in [3.8, 4) is 11.5 Å². The molecule has 1 saturated carbocycles. The van der Waals surface area contributed by atoms with E-state index in [1.165, 1.54) is 12.1 Å².